The number of hydrogen-bond donors (Lipinski definition) is 0. The van der Waals surface area contributed by atoms with Crippen molar-refractivity contribution in [3.63, 3.8) is 0 Å². The van der Waals surface area contributed by atoms with Crippen LogP contribution in [0, 0.1) is 0 Å². The molecule has 24 heavy (non-hydrogen) atoms. The van der Waals surface area contributed by atoms with Gasteiger partial charge < -0.3 is 9.47 Å². The number of anilines is 1. The van der Waals surface area contributed by atoms with Crippen molar-refractivity contribution in [2.75, 3.05) is 18.0 Å². The molecule has 1 unspecified atom stereocenters. The van der Waals surface area contributed by atoms with Gasteiger partial charge in [-0.2, -0.15) is 4.68 Å². The van der Waals surface area contributed by atoms with Crippen LogP contribution in [-0.2, 0) is 6.54 Å². The molecule has 124 valence electrons. The minimum atomic E-state index is 0.412. The fourth-order valence-corrected chi connectivity index (χ4v) is 3.43. The molecule has 1 aliphatic heterocycles. The number of aromatic nitrogens is 6. The number of hydrogen-bond acceptors (Lipinski definition) is 5. The van der Waals surface area contributed by atoms with Crippen LogP contribution >= 0.6 is 0 Å². The molecule has 1 fully saturated rings. The lowest BCUT2D eigenvalue weighted by Crippen LogP contribution is -2.37. The quantitative estimate of drug-likeness (QED) is 0.737. The zero-order chi connectivity index (χ0) is 16.4. The van der Waals surface area contributed by atoms with Crippen molar-refractivity contribution in [3.05, 3.63) is 48.5 Å². The summed E-state index contributed by atoms with van der Waals surface area (Å²) in [7, 11) is 0. The van der Waals surface area contributed by atoms with Crippen LogP contribution in [0.15, 0.2) is 42.7 Å². The van der Waals surface area contributed by atoms with Gasteiger partial charge in [0.2, 0.25) is 5.95 Å². The van der Waals surface area contributed by atoms with E-state index in [0.29, 0.717) is 5.92 Å². The average molecular weight is 323 g/mol. The van der Waals surface area contributed by atoms with E-state index < -0.39 is 0 Å². The number of imidazole rings is 1. The van der Waals surface area contributed by atoms with Crippen LogP contribution < -0.4 is 4.90 Å². The zero-order valence-corrected chi connectivity index (χ0v) is 13.8. The Morgan fingerprint density at radius 1 is 1.21 bits per heavy atom. The first kappa shape index (κ1) is 14.9. The van der Waals surface area contributed by atoms with Crippen LogP contribution in [0.2, 0.25) is 0 Å². The summed E-state index contributed by atoms with van der Waals surface area (Å²) in [5.41, 5.74) is 0.981. The van der Waals surface area contributed by atoms with Crippen molar-refractivity contribution in [3.8, 4) is 5.69 Å². The molecule has 0 radical (unpaired) electrons. The lowest BCUT2D eigenvalue weighted by molar-refractivity contribution is 0.467. The van der Waals surface area contributed by atoms with Gasteiger partial charge >= 0.3 is 0 Å². The zero-order valence-electron chi connectivity index (χ0n) is 13.8. The third kappa shape index (κ3) is 2.66. The fraction of sp³-hybridized carbons (Fsp3) is 0.412. The number of nitrogens with zero attached hydrogens (tertiary/aromatic N) is 7. The predicted octanol–water partition coefficient (Wildman–Crippen LogP) is 2.26. The first-order valence-electron chi connectivity index (χ1n) is 8.46. The first-order chi connectivity index (χ1) is 11.9. The van der Waals surface area contributed by atoms with Gasteiger partial charge in [-0.15, -0.1) is 0 Å². The maximum atomic E-state index is 4.58. The molecule has 0 bridgehead atoms. The lowest BCUT2D eigenvalue weighted by Gasteiger charge is -2.32. The highest BCUT2D eigenvalue weighted by Crippen LogP contribution is 2.28. The highest BCUT2D eigenvalue weighted by atomic mass is 15.6. The van der Waals surface area contributed by atoms with E-state index in [1.54, 1.807) is 0 Å². The van der Waals surface area contributed by atoms with Gasteiger partial charge in [-0.25, -0.2) is 4.98 Å². The van der Waals surface area contributed by atoms with Gasteiger partial charge in [0.25, 0.3) is 0 Å². The van der Waals surface area contributed by atoms with E-state index in [2.05, 4.69) is 43.1 Å². The Kier molecular flexibility index (Phi) is 3.98. The molecule has 1 saturated heterocycles. The summed E-state index contributed by atoms with van der Waals surface area (Å²) in [4.78, 5) is 6.86. The lowest BCUT2D eigenvalue weighted by atomic mass is 9.97. The average Bonchev–Trinajstić information content (AvgIpc) is 3.31. The monoisotopic (exact) mass is 323 g/mol. The Morgan fingerprint density at radius 2 is 2.08 bits per heavy atom. The molecule has 1 aliphatic rings. The van der Waals surface area contributed by atoms with Gasteiger partial charge in [-0.05, 0) is 42.3 Å². The summed E-state index contributed by atoms with van der Waals surface area (Å²) < 4.78 is 4.04. The molecule has 0 saturated carbocycles. The fourth-order valence-electron chi connectivity index (χ4n) is 3.43. The number of piperidine rings is 1. The Balaban J connectivity index is 1.61. The normalized spacial score (nSPS) is 18.0. The summed E-state index contributed by atoms with van der Waals surface area (Å²) >= 11 is 0. The Morgan fingerprint density at radius 3 is 2.92 bits per heavy atom. The summed E-state index contributed by atoms with van der Waals surface area (Å²) in [5.74, 6) is 2.39. The molecule has 3 heterocycles. The second-order valence-electron chi connectivity index (χ2n) is 6.08. The number of benzene rings is 1. The van der Waals surface area contributed by atoms with Crippen LogP contribution in [-0.4, -0.2) is 42.8 Å². The second-order valence-corrected chi connectivity index (χ2v) is 6.08. The molecule has 0 N–H and O–H groups in total. The van der Waals surface area contributed by atoms with E-state index in [0.717, 1.165) is 44.1 Å². The first-order valence-corrected chi connectivity index (χ1v) is 8.46. The minimum Gasteiger partial charge on any atom is -0.339 e. The molecule has 1 atom stereocenters. The van der Waals surface area contributed by atoms with Crippen molar-refractivity contribution in [1.29, 1.82) is 0 Å². The molecule has 2 aromatic heterocycles. The molecule has 1 aromatic carbocycles. The van der Waals surface area contributed by atoms with E-state index in [4.69, 9.17) is 0 Å². The van der Waals surface area contributed by atoms with Gasteiger partial charge in [0, 0.05) is 37.9 Å². The molecule has 3 aromatic rings. The second kappa shape index (κ2) is 6.43. The largest absolute Gasteiger partial charge is 0.339 e. The molecule has 7 nitrogen and oxygen atoms in total. The van der Waals surface area contributed by atoms with Crippen LogP contribution in [0.3, 0.4) is 0 Å². The summed E-state index contributed by atoms with van der Waals surface area (Å²) in [6.45, 7) is 4.97. The third-order valence-electron chi connectivity index (χ3n) is 4.61. The number of aryl methyl sites for hydroxylation is 1. The number of rotatable bonds is 4. The van der Waals surface area contributed by atoms with Gasteiger partial charge in [-0.1, -0.05) is 23.3 Å². The molecule has 4 rings (SSSR count). The van der Waals surface area contributed by atoms with Crippen molar-refractivity contribution in [1.82, 2.24) is 29.8 Å². The van der Waals surface area contributed by atoms with Crippen LogP contribution in [0.5, 0.6) is 0 Å². The summed E-state index contributed by atoms with van der Waals surface area (Å²) in [6, 6.07) is 10.0. The van der Waals surface area contributed by atoms with Crippen LogP contribution in [0.1, 0.15) is 31.5 Å². The third-order valence-corrected chi connectivity index (χ3v) is 4.61. The minimum absolute atomic E-state index is 0.412. The SMILES string of the molecule is CCn1ccnc1C1CCCN(c2nnnn2-c2ccccc2)C1. The van der Waals surface area contributed by atoms with Crippen LogP contribution in [0.25, 0.3) is 5.69 Å². The highest BCUT2D eigenvalue weighted by Gasteiger charge is 2.27. The Labute approximate surface area is 140 Å². The molecular formula is C17H21N7. The predicted molar refractivity (Wildman–Crippen MR) is 91.2 cm³/mol. The standard InChI is InChI=1S/C17H21N7/c1-2-22-12-10-18-16(22)14-7-6-11-23(13-14)17-19-20-21-24(17)15-8-4-3-5-9-15/h3-5,8-10,12,14H,2,6-7,11,13H2,1H3. The Bertz CT molecular complexity index is 792. The highest BCUT2D eigenvalue weighted by molar-refractivity contribution is 5.41. The summed E-state index contributed by atoms with van der Waals surface area (Å²) in [6.07, 6.45) is 6.22. The van der Waals surface area contributed by atoms with Crippen LogP contribution in [0.4, 0.5) is 5.95 Å². The van der Waals surface area contributed by atoms with Gasteiger partial charge in [-0.3, -0.25) is 0 Å². The van der Waals surface area contributed by atoms with Gasteiger partial charge in [0.05, 0.1) is 5.69 Å². The van der Waals surface area contributed by atoms with Gasteiger partial charge in [0.15, 0.2) is 0 Å². The van der Waals surface area contributed by atoms with Gasteiger partial charge in [0.1, 0.15) is 5.82 Å². The number of para-hydroxylation sites is 1. The number of tetrazole rings is 1. The smallest absolute Gasteiger partial charge is 0.250 e. The Hall–Kier alpha value is -2.70. The maximum Gasteiger partial charge on any atom is 0.250 e. The van der Waals surface area contributed by atoms with E-state index in [-0.39, 0.29) is 0 Å². The van der Waals surface area contributed by atoms with Crippen molar-refractivity contribution in [2.45, 2.75) is 32.2 Å². The molecule has 7 heteroatoms. The topological polar surface area (TPSA) is 64.7 Å². The summed E-state index contributed by atoms with van der Waals surface area (Å²) in [5, 5.41) is 12.3. The van der Waals surface area contributed by atoms with E-state index in [9.17, 15) is 0 Å². The molecule has 0 spiro atoms. The van der Waals surface area contributed by atoms with Crippen molar-refractivity contribution < 1.29 is 0 Å². The van der Waals surface area contributed by atoms with E-state index >= 15 is 0 Å². The van der Waals surface area contributed by atoms with E-state index in [1.165, 1.54) is 5.82 Å². The maximum absolute atomic E-state index is 4.58. The molecule has 0 amide bonds. The van der Waals surface area contributed by atoms with Crippen molar-refractivity contribution >= 4 is 5.95 Å². The van der Waals surface area contributed by atoms with E-state index in [1.807, 2.05) is 41.2 Å². The molecular weight excluding hydrogens is 302 g/mol. The van der Waals surface area contributed by atoms with Crippen molar-refractivity contribution in [2.24, 2.45) is 0 Å². The molecule has 0 aliphatic carbocycles.